The largest absolute Gasteiger partial charge is 0.416 e. The van der Waals surface area contributed by atoms with Crippen LogP contribution in [0.5, 0.6) is 0 Å². The van der Waals surface area contributed by atoms with Crippen LogP contribution in [0.15, 0.2) is 60.7 Å². The maximum absolute atomic E-state index is 15.1. The van der Waals surface area contributed by atoms with Gasteiger partial charge in [0.05, 0.1) is 23.1 Å². The number of piperidine rings is 1. The molecular weight excluding hydrogens is 558 g/mol. The highest BCUT2D eigenvalue weighted by Gasteiger charge is 2.46. The maximum Gasteiger partial charge on any atom is 0.416 e. The number of nitrogens with one attached hydrogen (secondary N) is 2. The number of alkyl halides is 3. The molecule has 1 unspecified atom stereocenters. The van der Waals surface area contributed by atoms with E-state index in [0.29, 0.717) is 37.3 Å². The number of fused-ring (bicyclic) bond motifs is 2. The van der Waals surface area contributed by atoms with Gasteiger partial charge in [0.2, 0.25) is 5.91 Å². The van der Waals surface area contributed by atoms with Crippen LogP contribution in [0.1, 0.15) is 83.6 Å². The SMILES string of the molecule is Cc1ccc(NC(=O)[C@H]2CC[C@@H]3CCc4cccc(F)c4C(=O)N3C2c2ccc(NC3CCCC3)cc2)cc1C(F)(F)F. The summed E-state index contributed by atoms with van der Waals surface area (Å²) in [7, 11) is 0. The fourth-order valence-corrected chi connectivity index (χ4v) is 7.12. The molecule has 3 aliphatic rings. The molecule has 1 saturated carbocycles. The summed E-state index contributed by atoms with van der Waals surface area (Å²) in [5, 5.41) is 6.26. The minimum absolute atomic E-state index is 0.0314. The van der Waals surface area contributed by atoms with E-state index in [1.807, 2.05) is 24.3 Å². The number of hydrogen-bond donors (Lipinski definition) is 2. The average molecular weight is 594 g/mol. The van der Waals surface area contributed by atoms with Crippen molar-refractivity contribution in [1.82, 2.24) is 4.90 Å². The summed E-state index contributed by atoms with van der Waals surface area (Å²) in [4.78, 5) is 29.6. The van der Waals surface area contributed by atoms with Crippen molar-refractivity contribution in [1.29, 1.82) is 0 Å². The van der Waals surface area contributed by atoms with Crippen LogP contribution in [0.4, 0.5) is 28.9 Å². The van der Waals surface area contributed by atoms with Crippen molar-refractivity contribution in [2.45, 2.75) is 82.6 Å². The zero-order chi connectivity index (χ0) is 30.3. The molecule has 0 bridgehead atoms. The Balaban J connectivity index is 1.36. The van der Waals surface area contributed by atoms with Crippen LogP contribution in [-0.2, 0) is 17.4 Å². The minimum atomic E-state index is -4.56. The quantitative estimate of drug-likeness (QED) is 0.294. The lowest BCUT2D eigenvalue weighted by atomic mass is 9.80. The molecule has 2 N–H and O–H groups in total. The molecule has 0 aromatic heterocycles. The third-order valence-corrected chi connectivity index (χ3v) is 9.31. The monoisotopic (exact) mass is 593 g/mol. The Kier molecular flexibility index (Phi) is 7.92. The number of carbonyl (C=O) groups excluding carboxylic acids is 2. The van der Waals surface area contributed by atoms with Crippen molar-refractivity contribution in [2.75, 3.05) is 10.6 Å². The summed E-state index contributed by atoms with van der Waals surface area (Å²) in [5.41, 5.74) is 1.64. The second kappa shape index (κ2) is 11.7. The van der Waals surface area contributed by atoms with E-state index in [1.54, 1.807) is 17.0 Å². The van der Waals surface area contributed by atoms with Gasteiger partial charge in [0.15, 0.2) is 0 Å². The van der Waals surface area contributed by atoms with Crippen LogP contribution in [0.2, 0.25) is 0 Å². The molecular formula is C34H35F4N3O2. The summed E-state index contributed by atoms with van der Waals surface area (Å²) in [5.74, 6) is -2.28. The van der Waals surface area contributed by atoms with Gasteiger partial charge in [0.1, 0.15) is 5.82 Å². The fraction of sp³-hybridized carbons (Fsp3) is 0.412. The molecule has 3 aromatic rings. The highest BCUT2D eigenvalue weighted by Crippen LogP contribution is 2.44. The van der Waals surface area contributed by atoms with E-state index in [9.17, 15) is 22.8 Å². The van der Waals surface area contributed by atoms with E-state index in [1.165, 1.54) is 38.0 Å². The zero-order valence-corrected chi connectivity index (χ0v) is 24.0. The van der Waals surface area contributed by atoms with Crippen LogP contribution >= 0.6 is 0 Å². The van der Waals surface area contributed by atoms with Crippen LogP contribution in [0.25, 0.3) is 0 Å². The van der Waals surface area contributed by atoms with Gasteiger partial charge < -0.3 is 15.5 Å². The predicted octanol–water partition coefficient (Wildman–Crippen LogP) is 8.05. The smallest absolute Gasteiger partial charge is 0.382 e. The first-order valence-electron chi connectivity index (χ1n) is 15.1. The highest BCUT2D eigenvalue weighted by molar-refractivity contribution is 5.98. The summed E-state index contributed by atoms with van der Waals surface area (Å²) < 4.78 is 55.9. The van der Waals surface area contributed by atoms with Gasteiger partial charge in [-0.3, -0.25) is 9.59 Å². The lowest BCUT2D eigenvalue weighted by molar-refractivity contribution is -0.138. The van der Waals surface area contributed by atoms with Gasteiger partial charge in [-0.15, -0.1) is 0 Å². The summed E-state index contributed by atoms with van der Waals surface area (Å²) in [6.45, 7) is 1.37. The van der Waals surface area contributed by atoms with E-state index in [4.69, 9.17) is 0 Å². The second-order valence-electron chi connectivity index (χ2n) is 12.1. The number of amides is 2. The minimum Gasteiger partial charge on any atom is -0.382 e. The third-order valence-electron chi connectivity index (χ3n) is 9.31. The number of halogens is 4. The van der Waals surface area contributed by atoms with E-state index in [-0.39, 0.29) is 22.9 Å². The van der Waals surface area contributed by atoms with Crippen molar-refractivity contribution in [3.05, 3.63) is 94.3 Å². The normalized spacial score (nSPS) is 22.5. The van der Waals surface area contributed by atoms with E-state index < -0.39 is 41.3 Å². The molecule has 1 saturated heterocycles. The standard InChI is InChI=1S/C34H35F4N3O2/c1-20-9-13-25(19-28(20)34(36,37)38)40-32(42)27-18-17-26-16-12-21-5-4-8-29(35)30(21)33(43)41(26)31(27)22-10-14-24(15-11-22)39-23-6-2-3-7-23/h4-5,8-11,13-15,19,23,26-27,31,39H,2-3,6-7,12,16-18H2,1H3,(H,40,42)/t26-,27-,31?/m0/s1. The molecule has 3 aromatic carbocycles. The Morgan fingerprint density at radius 2 is 1.63 bits per heavy atom. The Labute approximate surface area is 248 Å². The van der Waals surface area contributed by atoms with E-state index >= 15 is 4.39 Å². The van der Waals surface area contributed by atoms with Gasteiger partial charge in [-0.25, -0.2) is 4.39 Å². The summed E-state index contributed by atoms with van der Waals surface area (Å²) >= 11 is 0. The van der Waals surface area contributed by atoms with E-state index in [2.05, 4.69) is 10.6 Å². The number of carbonyl (C=O) groups is 2. The van der Waals surface area contributed by atoms with Crippen molar-refractivity contribution >= 4 is 23.2 Å². The molecule has 2 heterocycles. The molecule has 226 valence electrons. The van der Waals surface area contributed by atoms with Crippen LogP contribution in [-0.4, -0.2) is 28.8 Å². The van der Waals surface area contributed by atoms with Gasteiger partial charge >= 0.3 is 6.18 Å². The van der Waals surface area contributed by atoms with Crippen molar-refractivity contribution in [3.63, 3.8) is 0 Å². The first kappa shape index (κ1) is 29.2. The maximum atomic E-state index is 15.1. The van der Waals surface area contributed by atoms with Crippen LogP contribution < -0.4 is 10.6 Å². The number of aryl methyl sites for hydroxylation is 2. The van der Waals surface area contributed by atoms with Gasteiger partial charge in [-0.1, -0.05) is 43.2 Å². The molecule has 2 aliphatic heterocycles. The number of hydrogen-bond acceptors (Lipinski definition) is 3. The first-order chi connectivity index (χ1) is 20.6. The first-order valence-corrected chi connectivity index (χ1v) is 15.1. The van der Waals surface area contributed by atoms with Crippen molar-refractivity contribution in [3.8, 4) is 0 Å². The molecule has 0 radical (unpaired) electrons. The molecule has 9 heteroatoms. The number of anilines is 2. The molecule has 6 rings (SSSR count). The fourth-order valence-electron chi connectivity index (χ4n) is 7.12. The van der Waals surface area contributed by atoms with Crippen LogP contribution in [0.3, 0.4) is 0 Å². The van der Waals surface area contributed by atoms with Gasteiger partial charge in [-0.2, -0.15) is 13.2 Å². The molecule has 0 spiro atoms. The van der Waals surface area contributed by atoms with Crippen molar-refractivity contribution < 1.29 is 27.2 Å². The highest BCUT2D eigenvalue weighted by atomic mass is 19.4. The lowest BCUT2D eigenvalue weighted by Gasteiger charge is -2.45. The van der Waals surface area contributed by atoms with Gasteiger partial charge in [-0.05, 0) is 92.5 Å². The third kappa shape index (κ3) is 5.86. The molecule has 1 aliphatic carbocycles. The molecule has 43 heavy (non-hydrogen) atoms. The molecule has 2 amide bonds. The topological polar surface area (TPSA) is 61.4 Å². The average Bonchev–Trinajstić information content (AvgIpc) is 3.44. The zero-order valence-electron chi connectivity index (χ0n) is 24.0. The second-order valence-corrected chi connectivity index (χ2v) is 12.1. The molecule has 5 nitrogen and oxygen atoms in total. The Morgan fingerprint density at radius 3 is 2.35 bits per heavy atom. The van der Waals surface area contributed by atoms with Gasteiger partial charge in [0, 0.05) is 23.5 Å². The Bertz CT molecular complexity index is 1520. The lowest BCUT2D eigenvalue weighted by Crippen LogP contribution is -2.51. The molecule has 3 atom stereocenters. The Morgan fingerprint density at radius 1 is 0.907 bits per heavy atom. The number of benzene rings is 3. The van der Waals surface area contributed by atoms with Crippen molar-refractivity contribution in [2.24, 2.45) is 5.92 Å². The number of nitrogens with zero attached hydrogens (tertiary/aromatic N) is 1. The van der Waals surface area contributed by atoms with E-state index in [0.717, 1.165) is 30.2 Å². The number of rotatable bonds is 5. The van der Waals surface area contributed by atoms with Crippen LogP contribution in [0, 0.1) is 18.7 Å². The summed E-state index contributed by atoms with van der Waals surface area (Å²) in [6, 6.07) is 15.6. The Hall–Kier alpha value is -3.88. The predicted molar refractivity (Wildman–Crippen MR) is 157 cm³/mol. The molecule has 2 fully saturated rings. The summed E-state index contributed by atoms with van der Waals surface area (Å²) in [6.07, 6.45) is 2.16. The van der Waals surface area contributed by atoms with Gasteiger partial charge in [0.25, 0.3) is 5.91 Å².